The summed E-state index contributed by atoms with van der Waals surface area (Å²) in [6.45, 7) is 61.8. The Balaban J connectivity index is 0.956. The Bertz CT molecular complexity index is 6250. The van der Waals surface area contributed by atoms with Crippen LogP contribution >= 0.6 is 0 Å². The second-order valence-electron chi connectivity index (χ2n) is 44.6. The largest absolute Gasteiger partial charge is 0.311 e. The highest BCUT2D eigenvalue weighted by atomic mass is 15.2. The highest BCUT2D eigenvalue weighted by molar-refractivity contribution is 7.00. The number of anilines is 6. The summed E-state index contributed by atoms with van der Waals surface area (Å²) in [4.78, 5) is 5.36. The first-order chi connectivity index (χ1) is 54.7. The second kappa shape index (κ2) is 26.2. The first-order valence-corrected chi connectivity index (χ1v) is 43.6. The molecule has 594 valence electrons. The van der Waals surface area contributed by atoms with Gasteiger partial charge < -0.3 is 18.9 Å². The van der Waals surface area contributed by atoms with E-state index in [9.17, 15) is 0 Å². The van der Waals surface area contributed by atoms with Crippen LogP contribution in [0.15, 0.2) is 224 Å². The SMILES string of the molecule is CC(C)(C)c1cc(-c2ccc3c(c2)N(c2ccc(-c4ccc5c(c4)C(C)(C)CCC5(C)C)cc2)c2cc(-n4c5ccc(C(C)(C)C)cc5c5cc(C(C)(C)C)ccc54)cc4c2B3c2ccc(-n3c5ccc(C(C)(C)C)cc5c5cc(C(C)(C)C)ccc53)cc2N4c2ccc(-c3ccc4c(c3)C(C)(C)CCC4(C)C)cc2)cc(C(C)(C)C)c1. The van der Waals surface area contributed by atoms with Gasteiger partial charge in [-0.3, -0.25) is 0 Å². The monoisotopic (exact) mass is 1530 g/mol. The molecule has 2 aliphatic heterocycles. The molecule has 12 aromatic carbocycles. The average molecular weight is 1540 g/mol. The molecule has 0 unspecified atom stereocenters. The number of nitrogens with zero attached hydrogens (tertiary/aromatic N) is 4. The molecule has 5 heteroatoms. The summed E-state index contributed by atoms with van der Waals surface area (Å²) in [5.41, 5.74) is 39.0. The van der Waals surface area contributed by atoms with Gasteiger partial charge in [0, 0.05) is 61.4 Å². The molecule has 0 radical (unpaired) electrons. The second-order valence-corrected chi connectivity index (χ2v) is 44.6. The molecular formula is C112H123BN4. The lowest BCUT2D eigenvalue weighted by Gasteiger charge is -2.45. The number of rotatable bonds is 7. The predicted octanol–water partition coefficient (Wildman–Crippen LogP) is 29.4. The first kappa shape index (κ1) is 78.1. The third-order valence-corrected chi connectivity index (χ3v) is 28.2. The van der Waals surface area contributed by atoms with Gasteiger partial charge >= 0.3 is 0 Å². The van der Waals surface area contributed by atoms with Gasteiger partial charge in [-0.15, -0.1) is 0 Å². The van der Waals surface area contributed by atoms with E-state index < -0.39 is 0 Å². The van der Waals surface area contributed by atoms with Crippen molar-refractivity contribution in [1.29, 1.82) is 0 Å². The van der Waals surface area contributed by atoms with Crippen LogP contribution in [0.2, 0.25) is 0 Å². The van der Waals surface area contributed by atoms with E-state index in [4.69, 9.17) is 0 Å². The first-order valence-electron chi connectivity index (χ1n) is 43.6. The maximum Gasteiger partial charge on any atom is 0.252 e. The molecule has 4 heterocycles. The summed E-state index contributed by atoms with van der Waals surface area (Å²) >= 11 is 0. The van der Waals surface area contributed by atoms with Gasteiger partial charge in [0.05, 0.1) is 27.8 Å². The van der Waals surface area contributed by atoms with Crippen LogP contribution in [0.25, 0.3) is 88.4 Å². The molecule has 0 atom stereocenters. The zero-order valence-corrected chi connectivity index (χ0v) is 75.1. The van der Waals surface area contributed by atoms with Crippen LogP contribution in [0.3, 0.4) is 0 Å². The van der Waals surface area contributed by atoms with E-state index >= 15 is 0 Å². The topological polar surface area (TPSA) is 16.3 Å². The Morgan fingerprint density at radius 1 is 0.231 bits per heavy atom. The quantitative estimate of drug-likeness (QED) is 0.148. The van der Waals surface area contributed by atoms with Crippen LogP contribution in [0.5, 0.6) is 0 Å². The molecule has 0 saturated heterocycles. The van der Waals surface area contributed by atoms with Crippen LogP contribution in [0.1, 0.15) is 261 Å². The van der Waals surface area contributed by atoms with Gasteiger partial charge in [-0.25, -0.2) is 0 Å². The Morgan fingerprint density at radius 3 is 0.880 bits per heavy atom. The molecule has 2 aliphatic carbocycles. The minimum Gasteiger partial charge on any atom is -0.311 e. The standard InChI is InChI=1S/C112H123BN4/c1-103(2,3)74-34-47-94-84(61-74)85-62-75(104(4,5)6)35-48-95(85)116(94)82-42-46-93-99(65-82)115(81-40-29-69(30-41-81)71-32-44-89-91(58-71)112(25,26)54-52-110(89,21)22)101-67-83(117-96-49-36-76(105(7,8)9)63-86(96)87-64-77(106(10,11)12)37-50-97(87)117)66-100-102(101)113(93)92-45-33-72(73-55-78(107(13,14)15)60-79(56-73)108(16,17)18)59-98(92)114(100)80-38-27-68(28-39-80)70-31-43-88-90(57-70)111(23,24)53-51-109(88,19)20/h27-50,55-67H,51-54H2,1-26H3. The predicted molar refractivity (Wildman–Crippen MR) is 508 cm³/mol. The van der Waals surface area contributed by atoms with E-state index in [1.165, 1.54) is 168 Å². The van der Waals surface area contributed by atoms with Crippen molar-refractivity contribution in [2.45, 2.75) is 260 Å². The Kier molecular flexibility index (Phi) is 17.5. The highest BCUT2D eigenvalue weighted by Crippen LogP contribution is 2.53. The lowest BCUT2D eigenvalue weighted by atomic mass is 9.33. The minimum absolute atomic E-state index is 0.0479. The third kappa shape index (κ3) is 13.1. The number of hydrogen-bond donors (Lipinski definition) is 0. The fourth-order valence-electron chi connectivity index (χ4n) is 20.2. The molecule has 0 bridgehead atoms. The van der Waals surface area contributed by atoms with Crippen LogP contribution in [0.4, 0.5) is 34.1 Å². The lowest BCUT2D eigenvalue weighted by Crippen LogP contribution is -2.61. The fraction of sp³-hybridized carbons (Fsp3) is 0.357. The zero-order valence-electron chi connectivity index (χ0n) is 75.1. The van der Waals surface area contributed by atoms with E-state index in [2.05, 4.69) is 423 Å². The van der Waals surface area contributed by atoms with Gasteiger partial charge in [0.25, 0.3) is 6.71 Å². The van der Waals surface area contributed by atoms with Crippen molar-refractivity contribution in [1.82, 2.24) is 9.13 Å². The maximum absolute atomic E-state index is 2.68. The summed E-state index contributed by atoms with van der Waals surface area (Å²) in [6.07, 6.45) is 4.69. The molecule has 0 fully saturated rings. The van der Waals surface area contributed by atoms with Crippen LogP contribution in [-0.4, -0.2) is 15.8 Å². The van der Waals surface area contributed by atoms with E-state index in [1.807, 2.05) is 0 Å². The zero-order chi connectivity index (χ0) is 83.1. The van der Waals surface area contributed by atoms with Crippen LogP contribution in [0, 0.1) is 0 Å². The summed E-state index contributed by atoms with van der Waals surface area (Å²) in [6, 6.07) is 91.1. The van der Waals surface area contributed by atoms with Gasteiger partial charge in [0.15, 0.2) is 0 Å². The number of aromatic nitrogens is 2. The van der Waals surface area contributed by atoms with Crippen LogP contribution < -0.4 is 26.2 Å². The highest BCUT2D eigenvalue weighted by Gasteiger charge is 2.46. The average Bonchev–Trinajstić information content (AvgIpc) is 1.48. The molecule has 14 aromatic rings. The van der Waals surface area contributed by atoms with Crippen molar-refractivity contribution in [3.63, 3.8) is 0 Å². The smallest absolute Gasteiger partial charge is 0.252 e. The number of fused-ring (bicyclic) bond motifs is 12. The molecule has 2 aromatic heterocycles. The Morgan fingerprint density at radius 2 is 0.521 bits per heavy atom. The fourth-order valence-corrected chi connectivity index (χ4v) is 20.2. The minimum atomic E-state index is -0.191. The van der Waals surface area contributed by atoms with Gasteiger partial charge in [0.2, 0.25) is 0 Å². The van der Waals surface area contributed by atoms with E-state index in [0.717, 1.165) is 52.7 Å². The van der Waals surface area contributed by atoms with Crippen LogP contribution in [-0.2, 0) is 54.1 Å². The Labute approximate surface area is 699 Å². The summed E-state index contributed by atoms with van der Waals surface area (Å²) in [5, 5.41) is 5.09. The van der Waals surface area contributed by atoms with Crippen molar-refractivity contribution < 1.29 is 0 Å². The van der Waals surface area contributed by atoms with Gasteiger partial charge in [-0.2, -0.15) is 0 Å². The summed E-state index contributed by atoms with van der Waals surface area (Å²) in [7, 11) is 0. The summed E-state index contributed by atoms with van der Waals surface area (Å²) < 4.78 is 5.20. The van der Waals surface area contributed by atoms with Gasteiger partial charge in [-0.05, 0) is 288 Å². The molecule has 0 N–H and O–H groups in total. The van der Waals surface area contributed by atoms with Crippen molar-refractivity contribution in [2.24, 2.45) is 0 Å². The summed E-state index contributed by atoms with van der Waals surface area (Å²) in [5.74, 6) is 0. The van der Waals surface area contributed by atoms with E-state index in [-0.39, 0.29) is 60.9 Å². The van der Waals surface area contributed by atoms with Crippen molar-refractivity contribution in [2.75, 3.05) is 9.80 Å². The molecular weight excluding hydrogens is 1410 g/mol. The molecule has 4 nitrogen and oxygen atoms in total. The molecule has 4 aliphatic rings. The molecule has 18 rings (SSSR count). The normalized spacial score (nSPS) is 16.4. The van der Waals surface area contributed by atoms with Gasteiger partial charge in [-0.1, -0.05) is 301 Å². The number of benzene rings is 12. The van der Waals surface area contributed by atoms with E-state index in [0.29, 0.717) is 0 Å². The lowest BCUT2D eigenvalue weighted by molar-refractivity contribution is 0.332. The molecule has 0 amide bonds. The van der Waals surface area contributed by atoms with Crippen molar-refractivity contribution in [3.05, 3.63) is 280 Å². The van der Waals surface area contributed by atoms with E-state index in [1.54, 1.807) is 0 Å². The molecule has 0 spiro atoms. The van der Waals surface area contributed by atoms with Gasteiger partial charge in [0.1, 0.15) is 0 Å². The molecule has 117 heavy (non-hydrogen) atoms. The van der Waals surface area contributed by atoms with Crippen molar-refractivity contribution in [3.8, 4) is 44.8 Å². The number of hydrogen-bond acceptors (Lipinski definition) is 2. The third-order valence-electron chi connectivity index (χ3n) is 28.2. The Hall–Kier alpha value is -10.1. The maximum atomic E-state index is 2.68. The van der Waals surface area contributed by atoms with Crippen molar-refractivity contribution >= 4 is 101 Å². The molecule has 0 saturated carbocycles.